The van der Waals surface area contributed by atoms with E-state index in [0.717, 1.165) is 36.2 Å². The van der Waals surface area contributed by atoms with E-state index in [1.807, 2.05) is 42.4 Å². The zero-order valence-corrected chi connectivity index (χ0v) is 12.7. The van der Waals surface area contributed by atoms with E-state index < -0.39 is 0 Å². The maximum Gasteiger partial charge on any atom is 0.159 e. The quantitative estimate of drug-likeness (QED) is 0.870. The maximum atomic E-state index is 4.68. The Labute approximate surface area is 129 Å². The first-order valence-electron chi connectivity index (χ1n) is 7.13. The number of aliphatic imine (C=N–C) groups is 1. The molecule has 0 aliphatic carbocycles. The van der Waals surface area contributed by atoms with E-state index in [0.29, 0.717) is 0 Å². The molecule has 4 nitrogen and oxygen atoms in total. The highest BCUT2D eigenvalue weighted by molar-refractivity contribution is 8.13. The number of thioether (sulfide) groups is 1. The third-order valence-electron chi connectivity index (χ3n) is 3.23. The van der Waals surface area contributed by atoms with Crippen LogP contribution in [0.2, 0.25) is 0 Å². The minimum atomic E-state index is 0.779. The zero-order chi connectivity index (χ0) is 14.3. The number of hydrogen-bond donors (Lipinski definition) is 0. The van der Waals surface area contributed by atoms with Gasteiger partial charge in [-0.3, -0.25) is 15.0 Å². The number of hydrogen-bond acceptors (Lipinski definition) is 5. The van der Waals surface area contributed by atoms with Crippen molar-refractivity contribution in [2.75, 3.05) is 12.3 Å². The topological polar surface area (TPSA) is 41.4 Å². The predicted molar refractivity (Wildman–Crippen MR) is 87.1 cm³/mol. The van der Waals surface area contributed by atoms with Crippen LogP contribution in [-0.2, 0) is 13.1 Å². The number of rotatable bonds is 4. The highest BCUT2D eigenvalue weighted by atomic mass is 32.2. The molecule has 0 amide bonds. The second-order valence-corrected chi connectivity index (χ2v) is 5.97. The first-order valence-corrected chi connectivity index (χ1v) is 8.11. The van der Waals surface area contributed by atoms with Crippen LogP contribution in [0.3, 0.4) is 0 Å². The van der Waals surface area contributed by atoms with Crippen LogP contribution < -0.4 is 0 Å². The number of amidine groups is 1. The second kappa shape index (κ2) is 7.22. The Bertz CT molecular complexity index is 544. The molecule has 0 radical (unpaired) electrons. The van der Waals surface area contributed by atoms with E-state index in [1.54, 1.807) is 6.20 Å². The van der Waals surface area contributed by atoms with Gasteiger partial charge in [-0.15, -0.1) is 0 Å². The molecule has 0 N–H and O–H groups in total. The number of aromatic nitrogens is 2. The van der Waals surface area contributed by atoms with Crippen molar-refractivity contribution in [1.29, 1.82) is 0 Å². The van der Waals surface area contributed by atoms with Crippen LogP contribution in [0.5, 0.6) is 0 Å². The normalized spacial score (nSPS) is 14.6. The van der Waals surface area contributed by atoms with Gasteiger partial charge in [0.2, 0.25) is 0 Å². The average Bonchev–Trinajstić information content (AvgIpc) is 2.57. The molecule has 1 aliphatic heterocycles. The lowest BCUT2D eigenvalue weighted by molar-refractivity contribution is 0.406. The molecule has 0 atom stereocenters. The van der Waals surface area contributed by atoms with Crippen molar-refractivity contribution >= 4 is 16.9 Å². The summed E-state index contributed by atoms with van der Waals surface area (Å²) in [6.45, 7) is 2.52. The lowest BCUT2D eigenvalue weighted by Gasteiger charge is -2.27. The highest BCUT2D eigenvalue weighted by Gasteiger charge is 2.16. The molecule has 1 aliphatic rings. The third-order valence-corrected chi connectivity index (χ3v) is 4.36. The third kappa shape index (κ3) is 4.04. The van der Waals surface area contributed by atoms with E-state index in [-0.39, 0.29) is 0 Å². The lowest BCUT2D eigenvalue weighted by Crippen LogP contribution is -2.30. The molecule has 0 spiro atoms. The zero-order valence-electron chi connectivity index (χ0n) is 11.9. The van der Waals surface area contributed by atoms with E-state index in [1.165, 1.54) is 12.0 Å². The molecular weight excluding hydrogens is 280 g/mol. The summed E-state index contributed by atoms with van der Waals surface area (Å²) in [7, 11) is 0. The Morgan fingerprint density at radius 2 is 2.10 bits per heavy atom. The number of nitrogens with zero attached hydrogens (tertiary/aromatic N) is 4. The minimum absolute atomic E-state index is 0.779. The molecule has 2 aromatic rings. The van der Waals surface area contributed by atoms with E-state index in [2.05, 4.69) is 32.0 Å². The first-order chi connectivity index (χ1) is 10.4. The van der Waals surface area contributed by atoms with Crippen molar-refractivity contribution < 1.29 is 0 Å². The van der Waals surface area contributed by atoms with Crippen molar-refractivity contribution in [3.05, 3.63) is 60.2 Å². The van der Waals surface area contributed by atoms with Gasteiger partial charge in [0.1, 0.15) is 0 Å². The summed E-state index contributed by atoms with van der Waals surface area (Å²) in [4.78, 5) is 15.6. The predicted octanol–water partition coefficient (Wildman–Crippen LogP) is 2.97. The van der Waals surface area contributed by atoms with Gasteiger partial charge in [0.15, 0.2) is 5.17 Å². The van der Waals surface area contributed by atoms with Gasteiger partial charge in [-0.1, -0.05) is 23.9 Å². The fourth-order valence-electron chi connectivity index (χ4n) is 2.23. The fourth-order valence-corrected chi connectivity index (χ4v) is 3.18. The van der Waals surface area contributed by atoms with Crippen LogP contribution >= 0.6 is 11.8 Å². The van der Waals surface area contributed by atoms with Gasteiger partial charge in [-0.25, -0.2) is 0 Å². The van der Waals surface area contributed by atoms with Gasteiger partial charge in [0.25, 0.3) is 0 Å². The van der Waals surface area contributed by atoms with E-state index >= 15 is 0 Å². The average molecular weight is 298 g/mol. The van der Waals surface area contributed by atoms with Crippen LogP contribution in [-0.4, -0.2) is 32.3 Å². The smallest absolute Gasteiger partial charge is 0.159 e. The Morgan fingerprint density at radius 3 is 2.81 bits per heavy atom. The van der Waals surface area contributed by atoms with Gasteiger partial charge in [0.05, 0.1) is 12.2 Å². The molecule has 0 saturated heterocycles. The summed E-state index contributed by atoms with van der Waals surface area (Å²) in [6.07, 6.45) is 6.73. The first kappa shape index (κ1) is 14.1. The van der Waals surface area contributed by atoms with Gasteiger partial charge in [-0.2, -0.15) is 0 Å². The Balaban J connectivity index is 1.79. The summed E-state index contributed by atoms with van der Waals surface area (Å²) < 4.78 is 0. The Hall–Kier alpha value is -1.88. The van der Waals surface area contributed by atoms with Crippen LogP contribution in [0.4, 0.5) is 0 Å². The Morgan fingerprint density at radius 1 is 1.10 bits per heavy atom. The Kier molecular flexibility index (Phi) is 4.84. The summed E-state index contributed by atoms with van der Waals surface area (Å²) in [5.74, 6) is 1.14. The molecule has 0 bridgehead atoms. The van der Waals surface area contributed by atoms with Gasteiger partial charge in [-0.05, 0) is 30.2 Å². The minimum Gasteiger partial charge on any atom is -0.341 e. The van der Waals surface area contributed by atoms with Crippen LogP contribution in [0.1, 0.15) is 17.7 Å². The molecule has 0 aromatic carbocycles. The molecule has 108 valence electrons. The van der Waals surface area contributed by atoms with Crippen LogP contribution in [0.25, 0.3) is 0 Å². The van der Waals surface area contributed by atoms with Crippen LogP contribution in [0.15, 0.2) is 53.9 Å². The summed E-state index contributed by atoms with van der Waals surface area (Å²) >= 11 is 1.84. The number of pyridine rings is 2. The molecule has 3 rings (SSSR count). The summed E-state index contributed by atoms with van der Waals surface area (Å²) in [5.41, 5.74) is 2.26. The van der Waals surface area contributed by atoms with Gasteiger partial charge < -0.3 is 4.90 Å². The van der Waals surface area contributed by atoms with Crippen molar-refractivity contribution in [1.82, 2.24) is 14.9 Å². The molecule has 0 unspecified atom stereocenters. The van der Waals surface area contributed by atoms with Crippen LogP contribution in [0, 0.1) is 0 Å². The summed E-state index contributed by atoms with van der Waals surface area (Å²) in [6, 6.07) is 10.1. The molecule has 3 heterocycles. The van der Waals surface area contributed by atoms with Gasteiger partial charge >= 0.3 is 0 Å². The monoisotopic (exact) mass is 298 g/mol. The standard InChI is InChI=1S/C16H18N4S/c1-2-8-18-15(6-1)13-20(16-19-9-4-10-21-16)12-14-5-3-7-17-11-14/h1-3,5-8,11H,4,9-10,12-13H2. The molecule has 2 aromatic heterocycles. The fraction of sp³-hybridized carbons (Fsp3) is 0.312. The highest BCUT2D eigenvalue weighted by Crippen LogP contribution is 2.19. The molecular formula is C16H18N4S. The molecule has 0 saturated carbocycles. The van der Waals surface area contributed by atoms with Crippen molar-refractivity contribution in [3.8, 4) is 0 Å². The maximum absolute atomic E-state index is 4.68. The molecule has 5 heteroatoms. The lowest BCUT2D eigenvalue weighted by atomic mass is 10.2. The van der Waals surface area contributed by atoms with E-state index in [9.17, 15) is 0 Å². The SMILES string of the molecule is c1ccc(CN(Cc2cccnc2)C2=NCCCS2)nc1. The largest absolute Gasteiger partial charge is 0.341 e. The van der Waals surface area contributed by atoms with Crippen molar-refractivity contribution in [2.45, 2.75) is 19.5 Å². The molecule has 0 fully saturated rings. The second-order valence-electron chi connectivity index (χ2n) is 4.90. The van der Waals surface area contributed by atoms with E-state index in [4.69, 9.17) is 0 Å². The molecule has 21 heavy (non-hydrogen) atoms. The summed E-state index contributed by atoms with van der Waals surface area (Å²) in [5, 5.41) is 1.12. The van der Waals surface area contributed by atoms with Crippen molar-refractivity contribution in [3.63, 3.8) is 0 Å². The van der Waals surface area contributed by atoms with Gasteiger partial charge in [0, 0.05) is 37.4 Å². The van der Waals surface area contributed by atoms with Crippen molar-refractivity contribution in [2.24, 2.45) is 4.99 Å².